The lowest BCUT2D eigenvalue weighted by atomic mass is 10.3. The number of pyridine rings is 1. The summed E-state index contributed by atoms with van der Waals surface area (Å²) in [6, 6.07) is 2.95. The molecule has 0 fully saturated rings. The first kappa shape index (κ1) is 9.60. The van der Waals surface area contributed by atoms with Gasteiger partial charge in [0.1, 0.15) is 0 Å². The van der Waals surface area contributed by atoms with Crippen LogP contribution < -0.4 is 0 Å². The van der Waals surface area contributed by atoms with Gasteiger partial charge in [0.25, 0.3) is 0 Å². The van der Waals surface area contributed by atoms with E-state index in [1.54, 1.807) is 19.2 Å². The second-order valence-corrected chi connectivity index (χ2v) is 3.15. The van der Waals surface area contributed by atoms with E-state index in [4.69, 9.17) is 5.11 Å². The Morgan fingerprint density at radius 1 is 1.67 bits per heavy atom. The van der Waals surface area contributed by atoms with Crippen molar-refractivity contribution in [1.82, 2.24) is 9.38 Å². The molecular formula is C9H9N3O3. The first-order valence-electron chi connectivity index (χ1n) is 4.37. The molecule has 0 atom stereocenters. The standard InChI is InChI=1S/C9H9N3O3/c1-6-8(5-13)11-4-2-3-7(12(14)15)9(11)10-6/h2-4,13H,5H2,1H3. The number of imidazole rings is 1. The maximum absolute atomic E-state index is 10.7. The van der Waals surface area contributed by atoms with Gasteiger partial charge in [-0.25, -0.2) is 4.98 Å². The Morgan fingerprint density at radius 2 is 2.40 bits per heavy atom. The molecular weight excluding hydrogens is 198 g/mol. The molecule has 2 heterocycles. The molecule has 0 saturated heterocycles. The Hall–Kier alpha value is -1.95. The number of aliphatic hydroxyl groups is 1. The minimum atomic E-state index is -0.483. The zero-order valence-corrected chi connectivity index (χ0v) is 8.04. The van der Waals surface area contributed by atoms with Crippen molar-refractivity contribution in [3.8, 4) is 0 Å². The Balaban J connectivity index is 2.83. The molecule has 6 heteroatoms. The molecule has 0 aromatic carbocycles. The van der Waals surface area contributed by atoms with Gasteiger partial charge in [-0.2, -0.15) is 0 Å². The van der Waals surface area contributed by atoms with Crippen LogP contribution in [-0.4, -0.2) is 19.4 Å². The summed E-state index contributed by atoms with van der Waals surface area (Å²) in [5.74, 6) is 0. The maximum Gasteiger partial charge on any atom is 0.312 e. The second kappa shape index (κ2) is 3.32. The van der Waals surface area contributed by atoms with Crippen LogP contribution in [0.15, 0.2) is 18.3 Å². The molecule has 0 radical (unpaired) electrons. The smallest absolute Gasteiger partial charge is 0.312 e. The Morgan fingerprint density at radius 3 is 3.00 bits per heavy atom. The summed E-state index contributed by atoms with van der Waals surface area (Å²) in [5, 5.41) is 19.8. The first-order valence-corrected chi connectivity index (χ1v) is 4.37. The Labute approximate surface area is 84.9 Å². The molecule has 1 N–H and O–H groups in total. The number of nitrogens with zero attached hydrogens (tertiary/aromatic N) is 3. The molecule has 0 amide bonds. The number of hydrogen-bond donors (Lipinski definition) is 1. The third kappa shape index (κ3) is 1.35. The summed E-state index contributed by atoms with van der Waals surface area (Å²) in [4.78, 5) is 14.3. The van der Waals surface area contributed by atoms with Gasteiger partial charge >= 0.3 is 5.69 Å². The van der Waals surface area contributed by atoms with E-state index in [-0.39, 0.29) is 17.9 Å². The van der Waals surface area contributed by atoms with Crippen molar-refractivity contribution in [2.45, 2.75) is 13.5 Å². The quantitative estimate of drug-likeness (QED) is 0.589. The number of nitro groups is 1. The predicted molar refractivity (Wildman–Crippen MR) is 52.5 cm³/mol. The molecule has 2 aromatic rings. The second-order valence-electron chi connectivity index (χ2n) is 3.15. The monoisotopic (exact) mass is 207 g/mol. The molecule has 0 saturated carbocycles. The Bertz CT molecular complexity index is 533. The topological polar surface area (TPSA) is 80.7 Å². The van der Waals surface area contributed by atoms with Gasteiger partial charge < -0.3 is 5.11 Å². The van der Waals surface area contributed by atoms with Crippen molar-refractivity contribution in [3.63, 3.8) is 0 Å². The van der Waals surface area contributed by atoms with Crippen molar-refractivity contribution in [2.24, 2.45) is 0 Å². The zero-order chi connectivity index (χ0) is 11.0. The van der Waals surface area contributed by atoms with E-state index >= 15 is 0 Å². The van der Waals surface area contributed by atoms with Crippen LogP contribution >= 0.6 is 0 Å². The average molecular weight is 207 g/mol. The highest BCUT2D eigenvalue weighted by atomic mass is 16.6. The van der Waals surface area contributed by atoms with E-state index in [1.807, 2.05) is 0 Å². The van der Waals surface area contributed by atoms with Crippen LogP contribution in [0.5, 0.6) is 0 Å². The number of aromatic nitrogens is 2. The molecule has 0 spiro atoms. The summed E-state index contributed by atoms with van der Waals surface area (Å²) in [5.41, 5.74) is 1.39. The van der Waals surface area contributed by atoms with Gasteiger partial charge in [0.05, 0.1) is 22.9 Å². The maximum atomic E-state index is 10.7. The lowest BCUT2D eigenvalue weighted by Gasteiger charge is -1.98. The van der Waals surface area contributed by atoms with Crippen LogP contribution in [0, 0.1) is 17.0 Å². The molecule has 0 aliphatic rings. The molecule has 0 unspecified atom stereocenters. The lowest BCUT2D eigenvalue weighted by molar-refractivity contribution is -0.383. The van der Waals surface area contributed by atoms with Gasteiger partial charge in [0.2, 0.25) is 5.65 Å². The van der Waals surface area contributed by atoms with Crippen molar-refractivity contribution >= 4 is 11.3 Å². The summed E-state index contributed by atoms with van der Waals surface area (Å²) in [6.07, 6.45) is 1.65. The molecule has 0 bridgehead atoms. The zero-order valence-electron chi connectivity index (χ0n) is 8.04. The van der Waals surface area contributed by atoms with Gasteiger partial charge in [-0.3, -0.25) is 14.5 Å². The van der Waals surface area contributed by atoms with Crippen LogP contribution in [0.4, 0.5) is 5.69 Å². The SMILES string of the molecule is Cc1nc2c([N+](=O)[O-])cccn2c1CO. The van der Waals surface area contributed by atoms with Gasteiger partial charge in [0.15, 0.2) is 0 Å². The average Bonchev–Trinajstić information content (AvgIpc) is 2.52. The van der Waals surface area contributed by atoms with Crippen molar-refractivity contribution in [2.75, 3.05) is 0 Å². The first-order chi connectivity index (χ1) is 7.15. The van der Waals surface area contributed by atoms with E-state index in [1.165, 1.54) is 10.5 Å². The number of aliphatic hydroxyl groups excluding tert-OH is 1. The molecule has 15 heavy (non-hydrogen) atoms. The minimum Gasteiger partial charge on any atom is -0.390 e. The third-order valence-electron chi connectivity index (χ3n) is 2.28. The van der Waals surface area contributed by atoms with E-state index in [0.29, 0.717) is 11.4 Å². The molecule has 78 valence electrons. The molecule has 6 nitrogen and oxygen atoms in total. The minimum absolute atomic E-state index is 0.0553. The van der Waals surface area contributed by atoms with Crippen LogP contribution in [-0.2, 0) is 6.61 Å². The van der Waals surface area contributed by atoms with Crippen molar-refractivity contribution in [3.05, 3.63) is 39.8 Å². The normalized spacial score (nSPS) is 10.8. The highest BCUT2D eigenvalue weighted by Gasteiger charge is 2.17. The number of aryl methyl sites for hydroxylation is 1. The van der Waals surface area contributed by atoms with E-state index in [9.17, 15) is 10.1 Å². The molecule has 0 aliphatic heterocycles. The van der Waals surface area contributed by atoms with Crippen molar-refractivity contribution < 1.29 is 10.0 Å². The number of hydrogen-bond acceptors (Lipinski definition) is 4. The van der Waals surface area contributed by atoms with Gasteiger partial charge in [-0.05, 0) is 13.0 Å². The van der Waals surface area contributed by atoms with Crippen LogP contribution in [0.2, 0.25) is 0 Å². The van der Waals surface area contributed by atoms with E-state index in [0.717, 1.165) is 0 Å². The number of fused-ring (bicyclic) bond motifs is 1. The number of rotatable bonds is 2. The fourth-order valence-corrected chi connectivity index (χ4v) is 1.55. The lowest BCUT2D eigenvalue weighted by Crippen LogP contribution is -1.96. The largest absolute Gasteiger partial charge is 0.390 e. The fraction of sp³-hybridized carbons (Fsp3) is 0.222. The van der Waals surface area contributed by atoms with Crippen molar-refractivity contribution in [1.29, 1.82) is 0 Å². The molecule has 2 rings (SSSR count). The van der Waals surface area contributed by atoms with E-state index < -0.39 is 4.92 Å². The highest BCUT2D eigenvalue weighted by Crippen LogP contribution is 2.21. The van der Waals surface area contributed by atoms with Gasteiger partial charge in [-0.15, -0.1) is 0 Å². The molecule has 0 aliphatic carbocycles. The summed E-state index contributed by atoms with van der Waals surface area (Å²) in [7, 11) is 0. The fourth-order valence-electron chi connectivity index (χ4n) is 1.55. The van der Waals surface area contributed by atoms with Crippen LogP contribution in [0.1, 0.15) is 11.4 Å². The summed E-state index contributed by atoms with van der Waals surface area (Å²) < 4.78 is 1.54. The highest BCUT2D eigenvalue weighted by molar-refractivity contribution is 5.60. The van der Waals surface area contributed by atoms with Crippen LogP contribution in [0.3, 0.4) is 0 Å². The summed E-state index contributed by atoms with van der Waals surface area (Å²) in [6.45, 7) is 1.52. The van der Waals surface area contributed by atoms with Gasteiger partial charge in [-0.1, -0.05) is 0 Å². The van der Waals surface area contributed by atoms with E-state index in [2.05, 4.69) is 4.98 Å². The predicted octanol–water partition coefficient (Wildman–Crippen LogP) is 1.04. The molecule has 2 aromatic heterocycles. The summed E-state index contributed by atoms with van der Waals surface area (Å²) >= 11 is 0. The Kier molecular flexibility index (Phi) is 2.12. The van der Waals surface area contributed by atoms with Gasteiger partial charge in [0, 0.05) is 12.3 Å². The third-order valence-corrected chi connectivity index (χ3v) is 2.28. The van der Waals surface area contributed by atoms with Crippen LogP contribution in [0.25, 0.3) is 5.65 Å².